The summed E-state index contributed by atoms with van der Waals surface area (Å²) >= 11 is 0. The van der Waals surface area contributed by atoms with Crippen LogP contribution in [-0.2, 0) is 4.79 Å². The molecule has 0 bridgehead atoms. The summed E-state index contributed by atoms with van der Waals surface area (Å²) in [6.45, 7) is 1.90. The molecule has 0 atom stereocenters. The molecule has 0 aliphatic carbocycles. The number of amides is 1. The van der Waals surface area contributed by atoms with Crippen LogP contribution in [0.3, 0.4) is 0 Å². The number of nitrogens with zero attached hydrogens (tertiary/aromatic N) is 3. The van der Waals surface area contributed by atoms with Crippen LogP contribution in [0.2, 0.25) is 0 Å². The molecular weight excluding hydrogens is 316 g/mol. The molecule has 25 heavy (non-hydrogen) atoms. The molecule has 1 aromatic heterocycles. The SMILES string of the molecule is Cc1ccc(-c2nnco2)cc1NC(=O)C=Cc1ccc(C#N)cc1. The molecule has 0 aliphatic heterocycles. The van der Waals surface area contributed by atoms with Crippen LogP contribution in [0.5, 0.6) is 0 Å². The molecule has 3 rings (SSSR count). The van der Waals surface area contributed by atoms with Crippen LogP contribution in [0.25, 0.3) is 17.5 Å². The first kappa shape index (κ1) is 16.1. The highest BCUT2D eigenvalue weighted by Crippen LogP contribution is 2.23. The predicted octanol–water partition coefficient (Wildman–Crippen LogP) is 3.57. The Balaban J connectivity index is 1.73. The summed E-state index contributed by atoms with van der Waals surface area (Å²) in [6, 6.07) is 14.5. The van der Waals surface area contributed by atoms with E-state index in [4.69, 9.17) is 9.68 Å². The first-order valence-electron chi connectivity index (χ1n) is 7.52. The standard InChI is InChI=1S/C19H14N4O2/c1-13-2-8-16(19-23-21-12-25-19)10-17(13)22-18(24)9-7-14-3-5-15(11-20)6-4-14/h2-10,12H,1H3,(H,22,24). The minimum atomic E-state index is -0.255. The third kappa shape index (κ3) is 3.98. The van der Waals surface area contributed by atoms with E-state index in [-0.39, 0.29) is 5.91 Å². The number of carbonyl (C=O) groups is 1. The van der Waals surface area contributed by atoms with Crippen LogP contribution in [-0.4, -0.2) is 16.1 Å². The Morgan fingerprint density at radius 2 is 2.04 bits per heavy atom. The maximum atomic E-state index is 12.2. The van der Waals surface area contributed by atoms with Crippen molar-refractivity contribution < 1.29 is 9.21 Å². The molecule has 1 heterocycles. The minimum Gasteiger partial charge on any atom is -0.423 e. The lowest BCUT2D eigenvalue weighted by atomic mass is 10.1. The molecule has 6 nitrogen and oxygen atoms in total. The Labute approximate surface area is 144 Å². The van der Waals surface area contributed by atoms with Gasteiger partial charge < -0.3 is 9.73 Å². The third-order valence-electron chi connectivity index (χ3n) is 3.57. The summed E-state index contributed by atoms with van der Waals surface area (Å²) in [6.07, 6.45) is 4.39. The van der Waals surface area contributed by atoms with Crippen LogP contribution >= 0.6 is 0 Å². The number of benzene rings is 2. The van der Waals surface area contributed by atoms with E-state index in [0.29, 0.717) is 17.1 Å². The van der Waals surface area contributed by atoms with Gasteiger partial charge in [0.1, 0.15) is 0 Å². The van der Waals surface area contributed by atoms with Gasteiger partial charge in [-0.05, 0) is 48.4 Å². The maximum Gasteiger partial charge on any atom is 0.248 e. The number of hydrogen-bond donors (Lipinski definition) is 1. The second-order valence-electron chi connectivity index (χ2n) is 5.33. The number of aromatic nitrogens is 2. The van der Waals surface area contributed by atoms with Crippen LogP contribution < -0.4 is 5.32 Å². The number of aryl methyl sites for hydroxylation is 1. The van der Waals surface area contributed by atoms with Crippen LogP contribution in [0.4, 0.5) is 5.69 Å². The van der Waals surface area contributed by atoms with E-state index in [1.807, 2.05) is 19.1 Å². The molecule has 122 valence electrons. The average Bonchev–Trinajstić information content (AvgIpc) is 3.17. The molecule has 6 heteroatoms. The fraction of sp³-hybridized carbons (Fsp3) is 0.0526. The van der Waals surface area contributed by atoms with Gasteiger partial charge in [-0.25, -0.2) is 0 Å². The third-order valence-corrected chi connectivity index (χ3v) is 3.57. The van der Waals surface area contributed by atoms with Crippen molar-refractivity contribution in [3.05, 3.63) is 71.6 Å². The van der Waals surface area contributed by atoms with Gasteiger partial charge in [-0.15, -0.1) is 10.2 Å². The molecule has 0 saturated heterocycles. The van der Waals surface area contributed by atoms with Crippen LogP contribution in [0.15, 0.2) is 59.4 Å². The minimum absolute atomic E-state index is 0.255. The first-order valence-corrected chi connectivity index (χ1v) is 7.52. The lowest BCUT2D eigenvalue weighted by Crippen LogP contribution is -2.09. The number of rotatable bonds is 4. The lowest BCUT2D eigenvalue weighted by molar-refractivity contribution is -0.111. The van der Waals surface area contributed by atoms with E-state index < -0.39 is 0 Å². The summed E-state index contributed by atoms with van der Waals surface area (Å²) in [5.74, 6) is 0.138. The molecule has 0 fully saturated rings. The van der Waals surface area contributed by atoms with Gasteiger partial charge in [0.05, 0.1) is 11.6 Å². The quantitative estimate of drug-likeness (QED) is 0.738. The summed E-state index contributed by atoms with van der Waals surface area (Å²) < 4.78 is 5.17. The van der Waals surface area contributed by atoms with Crippen molar-refractivity contribution in [2.75, 3.05) is 5.32 Å². The molecule has 0 saturated carbocycles. The Kier molecular flexibility index (Phi) is 4.67. The van der Waals surface area contributed by atoms with Gasteiger partial charge in [0.15, 0.2) is 0 Å². The molecule has 1 amide bonds. The molecule has 0 radical (unpaired) electrons. The summed E-state index contributed by atoms with van der Waals surface area (Å²) in [7, 11) is 0. The molecule has 2 aromatic carbocycles. The Hall–Kier alpha value is -3.72. The van der Waals surface area contributed by atoms with Crippen LogP contribution in [0, 0.1) is 18.3 Å². The molecule has 1 N–H and O–H groups in total. The Morgan fingerprint density at radius 1 is 1.24 bits per heavy atom. The normalized spacial score (nSPS) is 10.6. The van der Waals surface area contributed by atoms with Crippen molar-refractivity contribution in [2.45, 2.75) is 6.92 Å². The zero-order valence-electron chi connectivity index (χ0n) is 13.4. The van der Waals surface area contributed by atoms with Crippen molar-refractivity contribution in [3.8, 4) is 17.5 Å². The highest BCUT2D eigenvalue weighted by molar-refractivity contribution is 6.02. The van der Waals surface area contributed by atoms with Gasteiger partial charge >= 0.3 is 0 Å². The van der Waals surface area contributed by atoms with Gasteiger partial charge in [-0.3, -0.25) is 4.79 Å². The topological polar surface area (TPSA) is 91.8 Å². The van der Waals surface area contributed by atoms with E-state index in [9.17, 15) is 4.79 Å². The number of carbonyl (C=O) groups excluding carboxylic acids is 1. The Morgan fingerprint density at radius 3 is 2.72 bits per heavy atom. The van der Waals surface area contributed by atoms with Crippen molar-refractivity contribution in [3.63, 3.8) is 0 Å². The highest BCUT2D eigenvalue weighted by atomic mass is 16.4. The summed E-state index contributed by atoms with van der Waals surface area (Å²) in [4.78, 5) is 12.2. The predicted molar refractivity (Wildman–Crippen MR) is 93.3 cm³/mol. The largest absolute Gasteiger partial charge is 0.423 e. The van der Waals surface area contributed by atoms with Gasteiger partial charge in [-0.2, -0.15) is 5.26 Å². The van der Waals surface area contributed by atoms with E-state index in [1.54, 1.807) is 36.4 Å². The molecule has 3 aromatic rings. The van der Waals surface area contributed by atoms with Crippen molar-refractivity contribution in [1.82, 2.24) is 10.2 Å². The number of nitrogens with one attached hydrogen (secondary N) is 1. The second-order valence-corrected chi connectivity index (χ2v) is 5.33. The summed E-state index contributed by atoms with van der Waals surface area (Å²) in [5, 5.41) is 19.1. The van der Waals surface area contributed by atoms with E-state index in [0.717, 1.165) is 16.7 Å². The fourth-order valence-electron chi connectivity index (χ4n) is 2.20. The number of anilines is 1. The lowest BCUT2D eigenvalue weighted by Gasteiger charge is -2.07. The molecule has 0 unspecified atom stereocenters. The number of hydrogen-bond acceptors (Lipinski definition) is 5. The van der Waals surface area contributed by atoms with Gasteiger partial charge in [0, 0.05) is 17.3 Å². The highest BCUT2D eigenvalue weighted by Gasteiger charge is 2.08. The van der Waals surface area contributed by atoms with Crippen molar-refractivity contribution >= 4 is 17.7 Å². The second kappa shape index (κ2) is 7.23. The smallest absolute Gasteiger partial charge is 0.248 e. The van der Waals surface area contributed by atoms with Crippen molar-refractivity contribution in [1.29, 1.82) is 5.26 Å². The average molecular weight is 330 g/mol. The zero-order chi connectivity index (χ0) is 17.6. The fourth-order valence-corrected chi connectivity index (χ4v) is 2.20. The van der Waals surface area contributed by atoms with Crippen LogP contribution in [0.1, 0.15) is 16.7 Å². The van der Waals surface area contributed by atoms with E-state index >= 15 is 0 Å². The first-order chi connectivity index (χ1) is 12.2. The molecule has 0 spiro atoms. The molecule has 0 aliphatic rings. The molecular formula is C19H14N4O2. The Bertz CT molecular complexity index is 952. The van der Waals surface area contributed by atoms with Gasteiger partial charge in [0.2, 0.25) is 18.2 Å². The monoisotopic (exact) mass is 330 g/mol. The van der Waals surface area contributed by atoms with E-state index in [1.165, 1.54) is 12.5 Å². The van der Waals surface area contributed by atoms with Gasteiger partial charge in [0.25, 0.3) is 0 Å². The maximum absolute atomic E-state index is 12.2. The zero-order valence-corrected chi connectivity index (χ0v) is 13.4. The summed E-state index contributed by atoms with van der Waals surface area (Å²) in [5.41, 5.74) is 3.74. The number of nitriles is 1. The van der Waals surface area contributed by atoms with Crippen molar-refractivity contribution in [2.24, 2.45) is 0 Å². The van der Waals surface area contributed by atoms with E-state index in [2.05, 4.69) is 21.6 Å². The van der Waals surface area contributed by atoms with Gasteiger partial charge in [-0.1, -0.05) is 18.2 Å².